The quantitative estimate of drug-likeness (QED) is 0.0313. The molecule has 1 saturated carbocycles. The minimum Gasteiger partial charge on any atom is -0.466 e. The Labute approximate surface area is 678 Å². The van der Waals surface area contributed by atoms with E-state index >= 15 is 0 Å². The van der Waals surface area contributed by atoms with E-state index in [1.807, 2.05) is 27.7 Å². The fraction of sp³-hybridized carbons (Fsp3) is 0.836. The molecule has 24 nitrogen and oxygen atoms in total. The van der Waals surface area contributed by atoms with E-state index in [1.54, 1.807) is 90.0 Å². The molecule has 1 fully saturated rings. The first kappa shape index (κ1) is 121. The summed E-state index contributed by atoms with van der Waals surface area (Å²) in [5.74, 6) is -56.1. The van der Waals surface area contributed by atoms with Gasteiger partial charge in [-0.15, -0.1) is 0 Å². The Morgan fingerprint density at radius 1 is 0.258 bits per heavy atom. The van der Waals surface area contributed by atoms with E-state index in [-0.39, 0.29) is 57.0 Å². The molecule has 706 valence electrons. The van der Waals surface area contributed by atoms with Gasteiger partial charge in [0.2, 0.25) is 5.92 Å². The second-order valence-corrected chi connectivity index (χ2v) is 30.3. The molecular weight excluding hydrogens is 1700 g/mol. The van der Waals surface area contributed by atoms with Gasteiger partial charge in [-0.2, -0.15) is 70.2 Å². The van der Waals surface area contributed by atoms with Crippen molar-refractivity contribution in [3.05, 3.63) is 0 Å². The van der Waals surface area contributed by atoms with Gasteiger partial charge in [-0.1, -0.05) is 41.5 Å². The summed E-state index contributed by atoms with van der Waals surface area (Å²) in [6, 6.07) is 0. The van der Waals surface area contributed by atoms with Crippen LogP contribution in [0.5, 0.6) is 0 Å². The maximum absolute atomic E-state index is 14.3. The molecule has 0 radical (unpaired) electrons. The first-order chi connectivity index (χ1) is 53.6. The topological polar surface area (TPSA) is 316 Å². The van der Waals surface area contributed by atoms with Crippen LogP contribution >= 0.6 is 0 Å². The van der Waals surface area contributed by atoms with Gasteiger partial charge in [-0.25, -0.2) is 45.1 Å². The number of halogens is 23. The average Bonchev–Trinajstić information content (AvgIpc) is 0.663. The lowest BCUT2D eigenvalue weighted by Crippen LogP contribution is -2.84. The van der Waals surface area contributed by atoms with Crippen molar-refractivity contribution in [3.8, 4) is 0 Å². The standard InChI is InChI=1S/C16H17F11O4.C13H22F2O4.C12H17F5O4.C11H18F2O4.C11H20O4.C10H15F3O4/c1-4-10(2,3)9(29)30-6-5-8(28)31-7-11(17)12(18,19)14(22,23)16(26,27)15(24,25)13(11,20)21;1-5-12(2,3)11(17)19-8-6-10(16)18-9-7-13(4,14)15;1-4-10(2,3)9(19)20-5-8(18)21-7-11(13,14)6-12(15,16)17;1-5-10(2,3)9(15)16-6-8(14)17-7-11(4,12)13;1-5-11(3,4)10(13)15-8-7-9(12)14-6-2;1-4-9(2,3)8(15)16-5-7(14)17-6-10(11,12)13/h4-7H2,1-3H3;5-9H2,1-4H3;4-7H2,1-3H3;5-7H2,1-4H3;5-8H2,1-4H3;4-6H2,1-3H3. The van der Waals surface area contributed by atoms with Crippen LogP contribution in [0.3, 0.4) is 0 Å². The van der Waals surface area contributed by atoms with Gasteiger partial charge in [0.1, 0.15) is 32.8 Å². The van der Waals surface area contributed by atoms with Crippen LogP contribution in [0.15, 0.2) is 0 Å². The molecular formula is C73H109F23O24. The fourth-order valence-corrected chi connectivity index (χ4v) is 6.49. The van der Waals surface area contributed by atoms with Gasteiger partial charge in [0, 0.05) is 13.3 Å². The molecule has 0 aliphatic heterocycles. The van der Waals surface area contributed by atoms with Gasteiger partial charge >= 0.3 is 114 Å². The number of esters is 12. The van der Waals surface area contributed by atoms with Crippen LogP contribution in [0.25, 0.3) is 0 Å². The molecule has 1 aliphatic carbocycles. The number of ether oxygens (including phenoxy) is 12. The van der Waals surface area contributed by atoms with Crippen molar-refractivity contribution in [1.82, 2.24) is 0 Å². The van der Waals surface area contributed by atoms with Crippen molar-refractivity contribution in [2.24, 2.45) is 32.5 Å². The highest BCUT2D eigenvalue weighted by Crippen LogP contribution is 2.69. The molecule has 0 unspecified atom stereocenters. The fourth-order valence-electron chi connectivity index (χ4n) is 6.49. The zero-order valence-electron chi connectivity index (χ0n) is 70.3. The summed E-state index contributed by atoms with van der Waals surface area (Å²) >= 11 is 0. The summed E-state index contributed by atoms with van der Waals surface area (Å²) in [7, 11) is 0. The molecule has 0 heterocycles. The third-order valence-electron chi connectivity index (χ3n) is 17.1. The highest BCUT2D eigenvalue weighted by atomic mass is 19.4. The number of hydrogen-bond acceptors (Lipinski definition) is 24. The van der Waals surface area contributed by atoms with Gasteiger partial charge in [0.15, 0.2) is 39.6 Å². The monoisotopic (exact) mass is 1810 g/mol. The van der Waals surface area contributed by atoms with Crippen LogP contribution in [-0.4, -0.2) is 216 Å². The van der Waals surface area contributed by atoms with Crippen molar-refractivity contribution in [2.45, 2.75) is 281 Å². The van der Waals surface area contributed by atoms with E-state index < -0.39 is 224 Å². The molecule has 0 N–H and O–H groups in total. The summed E-state index contributed by atoms with van der Waals surface area (Å²) in [4.78, 5) is 135. The Morgan fingerprint density at radius 3 is 0.758 bits per heavy atom. The molecule has 0 aromatic rings. The molecule has 0 saturated heterocycles. The highest BCUT2D eigenvalue weighted by molar-refractivity contribution is 5.82. The molecule has 0 aromatic heterocycles. The van der Waals surface area contributed by atoms with Crippen molar-refractivity contribution in [3.63, 3.8) is 0 Å². The summed E-state index contributed by atoms with van der Waals surface area (Å²) in [6.45, 7) is 22.7. The van der Waals surface area contributed by atoms with Crippen molar-refractivity contribution >= 4 is 71.6 Å². The minimum absolute atomic E-state index is 0.0936. The number of alkyl halides is 23. The zero-order valence-corrected chi connectivity index (χ0v) is 70.3. The van der Waals surface area contributed by atoms with Crippen molar-refractivity contribution in [2.75, 3.05) is 79.3 Å². The van der Waals surface area contributed by atoms with E-state index in [4.69, 9.17) is 14.2 Å². The predicted octanol–water partition coefficient (Wildman–Crippen LogP) is 17.0. The number of carbonyl (C=O) groups excluding carboxylic acids is 12. The second kappa shape index (κ2) is 49.4. The zero-order chi connectivity index (χ0) is 96.2. The van der Waals surface area contributed by atoms with Crippen molar-refractivity contribution in [1.29, 1.82) is 0 Å². The van der Waals surface area contributed by atoms with Gasteiger partial charge in [0.25, 0.3) is 17.5 Å². The molecule has 47 heteroatoms. The van der Waals surface area contributed by atoms with Gasteiger partial charge in [-0.3, -0.25) is 43.2 Å². The number of hydrogen-bond donors (Lipinski definition) is 0. The van der Waals surface area contributed by atoms with Crippen LogP contribution in [0.1, 0.15) is 216 Å². The normalized spacial score (nSPS) is 15.4. The van der Waals surface area contributed by atoms with Crippen LogP contribution in [0.2, 0.25) is 0 Å². The Balaban J connectivity index is -0.000000449. The molecule has 0 spiro atoms. The second-order valence-electron chi connectivity index (χ2n) is 30.3. The molecule has 0 atom stereocenters. The largest absolute Gasteiger partial charge is 0.466 e. The van der Waals surface area contributed by atoms with Crippen LogP contribution in [0, 0.1) is 32.5 Å². The number of carbonyl (C=O) groups is 12. The number of rotatable bonds is 39. The van der Waals surface area contributed by atoms with Crippen LogP contribution in [0.4, 0.5) is 101 Å². The molecule has 1 aliphatic rings. The maximum atomic E-state index is 14.3. The average molecular weight is 1810 g/mol. The molecule has 120 heavy (non-hydrogen) atoms. The summed E-state index contributed by atoms with van der Waals surface area (Å²) < 4.78 is 347. The Bertz CT molecular complexity index is 3160. The van der Waals surface area contributed by atoms with E-state index in [9.17, 15) is 159 Å². The summed E-state index contributed by atoms with van der Waals surface area (Å²) in [5, 5.41) is 0. The molecule has 0 aromatic carbocycles. The highest BCUT2D eigenvalue weighted by Gasteiger charge is 3.01. The first-order valence-electron chi connectivity index (χ1n) is 36.4. The molecule has 0 bridgehead atoms. The lowest BCUT2D eigenvalue weighted by Gasteiger charge is -2.52. The SMILES string of the molecule is CCC(C)(C)C(=O)OCC(=O)OCC(C)(F)F.CCC(C)(C)C(=O)OCC(=O)OCC(F)(F)CC(F)(F)F.CCC(C)(C)C(=O)OCC(=O)OCC(F)(F)F.CCC(C)(C)C(=O)OCCC(=O)OCC1(F)C(F)(F)C(F)(F)C(F)(F)C(F)(F)C1(F)F.CCC(C)(C)C(=O)OCCC(=O)OCCC(C)(F)F.CCOC(=O)CCOC(=O)C(C)(C)CC. The Kier molecular flexibility index (Phi) is 49.6. The van der Waals surface area contributed by atoms with E-state index in [0.29, 0.717) is 45.6 Å². The van der Waals surface area contributed by atoms with Gasteiger partial charge in [0.05, 0.1) is 65.0 Å². The minimum atomic E-state index is -7.34. The summed E-state index contributed by atoms with van der Waals surface area (Å²) in [6.07, 6.45) is -10.6. The van der Waals surface area contributed by atoms with Gasteiger partial charge in [-0.05, 0) is 135 Å². The Morgan fingerprint density at radius 2 is 0.508 bits per heavy atom. The third kappa shape index (κ3) is 43.7. The van der Waals surface area contributed by atoms with E-state index in [2.05, 4.69) is 42.6 Å². The van der Waals surface area contributed by atoms with Crippen LogP contribution < -0.4 is 0 Å². The van der Waals surface area contributed by atoms with Crippen LogP contribution in [-0.2, 0) is 114 Å². The lowest BCUT2D eigenvalue weighted by atomic mass is 9.72. The molecule has 0 amide bonds. The summed E-state index contributed by atoms with van der Waals surface area (Å²) in [5.41, 5.74) is -10.8. The van der Waals surface area contributed by atoms with Crippen molar-refractivity contribution < 1.29 is 215 Å². The van der Waals surface area contributed by atoms with E-state index in [1.165, 1.54) is 13.8 Å². The van der Waals surface area contributed by atoms with Gasteiger partial charge < -0.3 is 56.8 Å². The van der Waals surface area contributed by atoms with E-state index in [0.717, 1.165) is 6.92 Å². The maximum Gasteiger partial charge on any atom is 0.422 e. The molecule has 1 rings (SSSR count). The third-order valence-corrected chi connectivity index (χ3v) is 17.1. The smallest absolute Gasteiger partial charge is 0.422 e. The lowest BCUT2D eigenvalue weighted by molar-refractivity contribution is -0.487. The predicted molar refractivity (Wildman–Crippen MR) is 372 cm³/mol. The first-order valence-corrected chi connectivity index (χ1v) is 36.4. The Hall–Kier alpha value is -7.97.